The largest absolute Gasteiger partial charge is 0.340 e. The Balaban J connectivity index is 0.000000972. The first-order valence-electron chi connectivity index (χ1n) is 15.7. The van der Waals surface area contributed by atoms with Crippen molar-refractivity contribution in [2.24, 2.45) is 5.92 Å². The molecule has 2 saturated heterocycles. The van der Waals surface area contributed by atoms with Crippen molar-refractivity contribution < 1.29 is 0 Å². The van der Waals surface area contributed by atoms with Gasteiger partial charge in [-0.05, 0) is 54.8 Å². The van der Waals surface area contributed by atoms with Crippen molar-refractivity contribution in [3.05, 3.63) is 60.6 Å². The second-order valence-corrected chi connectivity index (χ2v) is 10.6. The van der Waals surface area contributed by atoms with E-state index >= 15 is 0 Å². The number of nitrogens with zero attached hydrogens (tertiary/aromatic N) is 7. The first kappa shape index (κ1) is 31.4. The minimum Gasteiger partial charge on any atom is -0.340 e. The molecule has 1 aromatic carbocycles. The molecule has 8 bridgehead atoms. The predicted octanol–water partition coefficient (Wildman–Crippen LogP) is 5.16. The van der Waals surface area contributed by atoms with Gasteiger partial charge in [-0.15, -0.1) is 0 Å². The van der Waals surface area contributed by atoms with Crippen molar-refractivity contribution in [2.75, 3.05) is 62.6 Å². The molecule has 2 N–H and O–H groups in total. The van der Waals surface area contributed by atoms with Crippen LogP contribution in [0.4, 0.5) is 17.5 Å². The third-order valence-corrected chi connectivity index (χ3v) is 7.92. The lowest BCUT2D eigenvalue weighted by Gasteiger charge is -2.34. The van der Waals surface area contributed by atoms with Crippen LogP contribution in [0.25, 0.3) is 11.1 Å². The highest BCUT2D eigenvalue weighted by Crippen LogP contribution is 2.29. The summed E-state index contributed by atoms with van der Waals surface area (Å²) in [4.78, 5) is 21.3. The van der Waals surface area contributed by atoms with E-state index in [1.807, 2.05) is 58.4 Å². The second-order valence-electron chi connectivity index (χ2n) is 10.6. The van der Waals surface area contributed by atoms with Crippen LogP contribution in [0.3, 0.4) is 0 Å². The van der Waals surface area contributed by atoms with E-state index in [0.29, 0.717) is 12.5 Å². The SMILES string of the molecule is CC.CC.N#CC1CC2CCNCCN3CCN(CC3)Cc3cccc(c3)Nc3cc(ccn3)-c3cnc(nc3)N2C1. The number of aromatic nitrogens is 3. The molecule has 6 aliphatic heterocycles. The zero-order valence-electron chi connectivity index (χ0n) is 25.8. The smallest absolute Gasteiger partial charge is 0.225 e. The van der Waals surface area contributed by atoms with Crippen molar-refractivity contribution in [1.82, 2.24) is 30.1 Å². The lowest BCUT2D eigenvalue weighted by Crippen LogP contribution is -2.47. The molecule has 0 saturated carbocycles. The Morgan fingerprint density at radius 2 is 1.62 bits per heavy atom. The number of piperazine rings is 1. The quantitative estimate of drug-likeness (QED) is 0.380. The zero-order valence-corrected chi connectivity index (χ0v) is 25.8. The van der Waals surface area contributed by atoms with Gasteiger partial charge >= 0.3 is 0 Å². The van der Waals surface area contributed by atoms with Crippen LogP contribution in [0.5, 0.6) is 0 Å². The van der Waals surface area contributed by atoms with Gasteiger partial charge in [0.25, 0.3) is 0 Å². The van der Waals surface area contributed by atoms with Gasteiger partial charge < -0.3 is 15.5 Å². The molecule has 2 fully saturated rings. The molecule has 8 heterocycles. The fourth-order valence-electron chi connectivity index (χ4n) is 5.78. The van der Waals surface area contributed by atoms with Crippen molar-refractivity contribution in [3.8, 4) is 17.2 Å². The van der Waals surface area contributed by atoms with Gasteiger partial charge in [0.1, 0.15) is 5.82 Å². The van der Waals surface area contributed by atoms with Gasteiger partial charge in [-0.25, -0.2) is 15.0 Å². The molecule has 0 radical (unpaired) electrons. The van der Waals surface area contributed by atoms with Crippen LogP contribution >= 0.6 is 0 Å². The van der Waals surface area contributed by atoms with Crippen LogP contribution in [0.2, 0.25) is 0 Å². The summed E-state index contributed by atoms with van der Waals surface area (Å²) in [5.74, 6) is 1.52. The van der Waals surface area contributed by atoms with Crippen LogP contribution in [-0.2, 0) is 6.54 Å². The Labute approximate surface area is 252 Å². The second kappa shape index (κ2) is 16.2. The van der Waals surface area contributed by atoms with E-state index < -0.39 is 0 Å². The van der Waals surface area contributed by atoms with Crippen molar-refractivity contribution in [1.29, 1.82) is 5.26 Å². The highest BCUT2D eigenvalue weighted by atomic mass is 15.3. The molecular weight excluding hydrogens is 522 g/mol. The Hall–Kier alpha value is -3.58. The van der Waals surface area contributed by atoms with Crippen LogP contribution in [0.1, 0.15) is 46.1 Å². The van der Waals surface area contributed by atoms with E-state index in [0.717, 1.165) is 87.8 Å². The lowest BCUT2D eigenvalue weighted by atomic mass is 10.1. The van der Waals surface area contributed by atoms with Crippen molar-refractivity contribution >= 4 is 17.5 Å². The molecule has 0 spiro atoms. The zero-order chi connectivity index (χ0) is 29.7. The topological polar surface area (TPSA) is 96.2 Å². The minimum atomic E-state index is 0.0189. The van der Waals surface area contributed by atoms with Crippen LogP contribution < -0.4 is 15.5 Å². The fourth-order valence-corrected chi connectivity index (χ4v) is 5.78. The van der Waals surface area contributed by atoms with Gasteiger partial charge in [-0.2, -0.15) is 5.26 Å². The summed E-state index contributed by atoms with van der Waals surface area (Å²) in [5, 5.41) is 16.7. The van der Waals surface area contributed by atoms with Gasteiger partial charge in [-0.3, -0.25) is 9.80 Å². The number of pyridine rings is 1. The number of rotatable bonds is 0. The Bertz CT molecular complexity index is 1270. The molecule has 2 aromatic heterocycles. The molecule has 9 nitrogen and oxygen atoms in total. The van der Waals surface area contributed by atoms with Gasteiger partial charge in [0.2, 0.25) is 5.95 Å². The summed E-state index contributed by atoms with van der Waals surface area (Å²) in [6, 6.07) is 15.4. The standard InChI is InChI=1S/C29H35N9.2C2H6/c30-17-23-15-27-5-6-31-8-9-36-10-12-37(13-11-36)20-22-2-1-3-26(14-22)35-28-16-24(4-7-32-28)25-18-33-29(34-19-25)38(27)21-23;2*1-2/h1-4,7,14,16,18-19,23,27,31H,5-6,8-13,15,20-21H2,(H,32,35);2*1-2H3. The van der Waals surface area contributed by atoms with Crippen LogP contribution in [0.15, 0.2) is 55.0 Å². The van der Waals surface area contributed by atoms with E-state index in [-0.39, 0.29) is 12.0 Å². The van der Waals surface area contributed by atoms with Crippen molar-refractivity contribution in [2.45, 2.75) is 53.1 Å². The molecule has 9 heteroatoms. The highest BCUT2D eigenvalue weighted by molar-refractivity contribution is 5.68. The molecule has 3 aromatic rings. The maximum atomic E-state index is 9.60. The van der Waals surface area contributed by atoms with Gasteiger partial charge in [0.05, 0.1) is 12.0 Å². The molecule has 0 aliphatic carbocycles. The normalized spacial score (nSPS) is 23.6. The molecule has 6 aliphatic rings. The summed E-state index contributed by atoms with van der Waals surface area (Å²) >= 11 is 0. The van der Waals surface area contributed by atoms with E-state index in [9.17, 15) is 5.26 Å². The first-order chi connectivity index (χ1) is 20.7. The third kappa shape index (κ3) is 8.25. The summed E-state index contributed by atoms with van der Waals surface area (Å²) in [6.07, 6.45) is 7.42. The monoisotopic (exact) mass is 569 g/mol. The van der Waals surface area contributed by atoms with E-state index in [1.54, 1.807) is 0 Å². The van der Waals surface area contributed by atoms with E-state index in [2.05, 4.69) is 60.7 Å². The van der Waals surface area contributed by atoms with Crippen LogP contribution in [0, 0.1) is 17.2 Å². The summed E-state index contributed by atoms with van der Waals surface area (Å²) in [6.45, 7) is 17.0. The fraction of sp³-hybridized carbons (Fsp3) is 0.515. The molecule has 224 valence electrons. The van der Waals surface area contributed by atoms with Gasteiger partial charge in [0, 0.05) is 88.2 Å². The Kier molecular flexibility index (Phi) is 12.1. The molecule has 9 rings (SSSR count). The number of anilines is 3. The average Bonchev–Trinajstić information content (AvgIpc) is 3.47. The molecule has 0 amide bonds. The Morgan fingerprint density at radius 3 is 2.38 bits per heavy atom. The summed E-state index contributed by atoms with van der Waals surface area (Å²) in [5.41, 5.74) is 4.30. The predicted molar refractivity (Wildman–Crippen MR) is 172 cm³/mol. The van der Waals surface area contributed by atoms with Gasteiger partial charge in [0.15, 0.2) is 0 Å². The molecule has 2 unspecified atom stereocenters. The third-order valence-electron chi connectivity index (χ3n) is 7.92. The van der Waals surface area contributed by atoms with Crippen LogP contribution in [-0.4, -0.2) is 83.2 Å². The van der Waals surface area contributed by atoms with Gasteiger partial charge in [-0.1, -0.05) is 39.8 Å². The maximum absolute atomic E-state index is 9.60. The first-order valence-corrected chi connectivity index (χ1v) is 15.7. The molecular formula is C33H47N9. The van der Waals surface area contributed by atoms with Crippen molar-refractivity contribution in [3.63, 3.8) is 0 Å². The number of nitriles is 1. The minimum absolute atomic E-state index is 0.0189. The molecule has 2 atom stereocenters. The lowest BCUT2D eigenvalue weighted by molar-refractivity contribution is 0.128. The number of hydrogen-bond acceptors (Lipinski definition) is 9. The average molecular weight is 570 g/mol. The Morgan fingerprint density at radius 1 is 0.857 bits per heavy atom. The molecule has 42 heavy (non-hydrogen) atoms. The highest BCUT2D eigenvalue weighted by Gasteiger charge is 2.33. The summed E-state index contributed by atoms with van der Waals surface area (Å²) < 4.78 is 0. The summed E-state index contributed by atoms with van der Waals surface area (Å²) in [7, 11) is 0. The number of benzene rings is 1. The number of nitrogens with one attached hydrogen (secondary N) is 2. The maximum Gasteiger partial charge on any atom is 0.225 e. The van der Waals surface area contributed by atoms with E-state index in [4.69, 9.17) is 9.97 Å². The number of hydrogen-bond donors (Lipinski definition) is 2. The van der Waals surface area contributed by atoms with E-state index in [1.165, 1.54) is 5.56 Å².